The number of H-pyrrole nitrogens is 1. The minimum Gasteiger partial charge on any atom is -0.465 e. The van der Waals surface area contributed by atoms with E-state index in [9.17, 15) is 9.59 Å². The zero-order chi connectivity index (χ0) is 13.1. The van der Waals surface area contributed by atoms with Gasteiger partial charge in [-0.25, -0.2) is 4.79 Å². The molecule has 2 heterocycles. The molecule has 2 N–H and O–H groups in total. The van der Waals surface area contributed by atoms with Gasteiger partial charge >= 0.3 is 5.97 Å². The van der Waals surface area contributed by atoms with E-state index in [1.807, 2.05) is 0 Å². The lowest BCUT2D eigenvalue weighted by Crippen LogP contribution is -2.11. The largest absolute Gasteiger partial charge is 0.465 e. The lowest BCUT2D eigenvalue weighted by Gasteiger charge is -1.99. The van der Waals surface area contributed by atoms with Gasteiger partial charge in [0, 0.05) is 16.0 Å². The van der Waals surface area contributed by atoms with E-state index in [2.05, 4.69) is 31.0 Å². The molecule has 94 valence electrons. The molecule has 0 radical (unpaired) electrons. The molecule has 1 amide bonds. The van der Waals surface area contributed by atoms with E-state index < -0.39 is 5.97 Å². The van der Waals surface area contributed by atoms with Crippen molar-refractivity contribution >= 4 is 44.1 Å². The minimum absolute atomic E-state index is 0.265. The molecule has 0 fully saturated rings. The second-order valence-electron chi connectivity index (χ2n) is 3.38. The van der Waals surface area contributed by atoms with Gasteiger partial charge in [0.15, 0.2) is 0 Å². The van der Waals surface area contributed by atoms with Gasteiger partial charge in [0.25, 0.3) is 5.91 Å². The molecule has 0 spiro atoms. The number of anilines is 1. The molecule has 0 unspecified atom stereocenters. The number of aromatic amines is 1. The second-order valence-corrected chi connectivity index (χ2v) is 5.20. The van der Waals surface area contributed by atoms with Crippen molar-refractivity contribution in [2.45, 2.75) is 0 Å². The van der Waals surface area contributed by atoms with Crippen LogP contribution in [0.3, 0.4) is 0 Å². The Morgan fingerprint density at radius 3 is 2.83 bits per heavy atom. The summed E-state index contributed by atoms with van der Waals surface area (Å²) >= 11 is 4.51. The quantitative estimate of drug-likeness (QED) is 0.851. The molecule has 0 aliphatic heterocycles. The maximum absolute atomic E-state index is 11.8. The van der Waals surface area contributed by atoms with E-state index in [0.29, 0.717) is 16.3 Å². The minimum atomic E-state index is -0.422. The summed E-state index contributed by atoms with van der Waals surface area (Å²) < 4.78 is 5.39. The molecule has 5 nitrogen and oxygen atoms in total. The Kier molecular flexibility index (Phi) is 3.83. The molecule has 18 heavy (non-hydrogen) atoms. The van der Waals surface area contributed by atoms with E-state index in [1.165, 1.54) is 18.4 Å². The molecular formula is C11H9BrN2O3S. The third-order valence-corrected chi connectivity index (χ3v) is 3.45. The Labute approximate surface area is 115 Å². The fraction of sp³-hybridized carbons (Fsp3) is 0.0909. The Hall–Kier alpha value is -1.60. The monoisotopic (exact) mass is 328 g/mol. The van der Waals surface area contributed by atoms with Crippen molar-refractivity contribution in [2.75, 3.05) is 12.4 Å². The molecule has 2 rings (SSSR count). The molecule has 7 heteroatoms. The fourth-order valence-corrected chi connectivity index (χ4v) is 2.41. The number of rotatable bonds is 3. The summed E-state index contributed by atoms with van der Waals surface area (Å²) in [7, 11) is 1.31. The number of amides is 1. The number of ether oxygens (including phenoxy) is 1. The van der Waals surface area contributed by atoms with Crippen molar-refractivity contribution in [3.05, 3.63) is 39.4 Å². The molecular weight excluding hydrogens is 320 g/mol. The highest BCUT2D eigenvalue weighted by Crippen LogP contribution is 2.22. The van der Waals surface area contributed by atoms with Crippen LogP contribution in [0.15, 0.2) is 28.2 Å². The third-order valence-electron chi connectivity index (χ3n) is 2.15. The number of halogens is 1. The number of esters is 1. The third kappa shape index (κ3) is 2.80. The summed E-state index contributed by atoms with van der Waals surface area (Å²) in [6.07, 6.45) is 1.67. The fourth-order valence-electron chi connectivity index (χ4n) is 1.30. The number of methoxy groups -OCH3 is 1. The molecule has 0 aliphatic carbocycles. The molecule has 0 bridgehead atoms. The Balaban J connectivity index is 2.08. The van der Waals surface area contributed by atoms with Gasteiger partial charge in [0.1, 0.15) is 5.69 Å². The van der Waals surface area contributed by atoms with Crippen LogP contribution >= 0.6 is 27.3 Å². The predicted octanol–water partition coefficient (Wildman–Crippen LogP) is 2.88. The lowest BCUT2D eigenvalue weighted by atomic mass is 10.3. The summed E-state index contributed by atoms with van der Waals surface area (Å²) in [4.78, 5) is 25.9. The van der Waals surface area contributed by atoms with Gasteiger partial charge in [-0.05, 0) is 28.1 Å². The van der Waals surface area contributed by atoms with Crippen LogP contribution in [0.1, 0.15) is 20.8 Å². The van der Waals surface area contributed by atoms with Crippen molar-refractivity contribution in [1.82, 2.24) is 4.98 Å². The molecule has 0 aromatic carbocycles. The highest BCUT2D eigenvalue weighted by Gasteiger charge is 2.12. The van der Waals surface area contributed by atoms with Gasteiger partial charge in [-0.2, -0.15) is 0 Å². The van der Waals surface area contributed by atoms with E-state index in [-0.39, 0.29) is 5.91 Å². The maximum atomic E-state index is 11.8. The van der Waals surface area contributed by atoms with Crippen molar-refractivity contribution in [3.63, 3.8) is 0 Å². The van der Waals surface area contributed by atoms with Gasteiger partial charge in [0.05, 0.1) is 17.7 Å². The van der Waals surface area contributed by atoms with Crippen molar-refractivity contribution < 1.29 is 14.3 Å². The summed E-state index contributed by atoms with van der Waals surface area (Å²) in [5.74, 6) is -0.687. The molecule has 0 atom stereocenters. The summed E-state index contributed by atoms with van der Waals surface area (Å²) in [6.45, 7) is 0. The Bertz CT molecular complexity index is 591. The highest BCUT2D eigenvalue weighted by atomic mass is 79.9. The normalized spacial score (nSPS) is 10.1. The number of hydrogen-bond acceptors (Lipinski definition) is 4. The predicted molar refractivity (Wildman–Crippen MR) is 72.1 cm³/mol. The van der Waals surface area contributed by atoms with E-state index >= 15 is 0 Å². The molecule has 2 aromatic heterocycles. The molecule has 0 saturated heterocycles. The second kappa shape index (κ2) is 5.36. The average molecular weight is 329 g/mol. The topological polar surface area (TPSA) is 71.2 Å². The summed E-state index contributed by atoms with van der Waals surface area (Å²) in [6, 6.07) is 3.25. The van der Waals surface area contributed by atoms with Crippen LogP contribution < -0.4 is 5.32 Å². The number of carbonyl (C=O) groups is 2. The van der Waals surface area contributed by atoms with Crippen LogP contribution in [0.25, 0.3) is 0 Å². The lowest BCUT2D eigenvalue weighted by molar-refractivity contribution is 0.0601. The summed E-state index contributed by atoms with van der Waals surface area (Å²) in [5, 5.41) is 4.91. The summed E-state index contributed by atoms with van der Waals surface area (Å²) in [5.41, 5.74) is 0.861. The highest BCUT2D eigenvalue weighted by molar-refractivity contribution is 9.10. The number of carbonyl (C=O) groups excluding carboxylic acids is 2. The average Bonchev–Trinajstić information content (AvgIpc) is 2.97. The maximum Gasteiger partial charge on any atom is 0.338 e. The molecule has 0 saturated carbocycles. The number of thiophene rings is 1. The smallest absolute Gasteiger partial charge is 0.338 e. The van der Waals surface area contributed by atoms with Crippen LogP contribution in [-0.4, -0.2) is 24.0 Å². The van der Waals surface area contributed by atoms with E-state index in [4.69, 9.17) is 0 Å². The molecule has 0 aliphatic rings. The van der Waals surface area contributed by atoms with Crippen LogP contribution in [-0.2, 0) is 4.74 Å². The Morgan fingerprint density at radius 1 is 1.44 bits per heavy atom. The zero-order valence-electron chi connectivity index (χ0n) is 9.32. The van der Waals surface area contributed by atoms with Gasteiger partial charge in [-0.1, -0.05) is 0 Å². The van der Waals surface area contributed by atoms with Crippen molar-refractivity contribution in [2.24, 2.45) is 0 Å². The first-order chi connectivity index (χ1) is 8.60. The number of aromatic nitrogens is 1. The van der Waals surface area contributed by atoms with Gasteiger partial charge in [-0.3, -0.25) is 4.79 Å². The number of hydrogen-bond donors (Lipinski definition) is 2. The first kappa shape index (κ1) is 12.8. The van der Waals surface area contributed by atoms with Crippen molar-refractivity contribution in [1.29, 1.82) is 0 Å². The van der Waals surface area contributed by atoms with E-state index in [0.717, 1.165) is 4.47 Å². The van der Waals surface area contributed by atoms with Gasteiger partial charge < -0.3 is 15.0 Å². The first-order valence-corrected chi connectivity index (χ1v) is 6.59. The van der Waals surface area contributed by atoms with Crippen LogP contribution in [0.5, 0.6) is 0 Å². The van der Waals surface area contributed by atoms with Crippen molar-refractivity contribution in [3.8, 4) is 0 Å². The van der Waals surface area contributed by atoms with E-state index in [1.54, 1.807) is 23.7 Å². The van der Waals surface area contributed by atoms with Crippen LogP contribution in [0.4, 0.5) is 5.00 Å². The SMILES string of the molecule is COC(=O)c1csc(NC(=O)c2cc(Br)c[nH]2)c1. The standard InChI is InChI=1S/C11H9BrN2O3S/c1-17-11(16)6-2-9(18-5-6)14-10(15)8-3-7(12)4-13-8/h2-5,13H,1H3,(H,14,15). The Morgan fingerprint density at radius 2 is 2.22 bits per heavy atom. The zero-order valence-corrected chi connectivity index (χ0v) is 11.7. The number of nitrogens with one attached hydrogen (secondary N) is 2. The van der Waals surface area contributed by atoms with Crippen LogP contribution in [0, 0.1) is 0 Å². The van der Waals surface area contributed by atoms with Gasteiger partial charge in [0.2, 0.25) is 0 Å². The van der Waals surface area contributed by atoms with Crippen LogP contribution in [0.2, 0.25) is 0 Å². The van der Waals surface area contributed by atoms with Gasteiger partial charge in [-0.15, -0.1) is 11.3 Å². The first-order valence-electron chi connectivity index (χ1n) is 4.92. The molecule has 2 aromatic rings.